The highest BCUT2D eigenvalue weighted by atomic mass is 16.6. The fourth-order valence-electron chi connectivity index (χ4n) is 2.16. The van der Waals surface area contributed by atoms with E-state index in [1.165, 1.54) is 6.07 Å². The second-order valence-corrected chi connectivity index (χ2v) is 5.04. The Morgan fingerprint density at radius 3 is 2.70 bits per heavy atom. The number of nitrogens with two attached hydrogens (primary N) is 1. The summed E-state index contributed by atoms with van der Waals surface area (Å²) in [7, 11) is 0. The van der Waals surface area contributed by atoms with Crippen LogP contribution >= 0.6 is 0 Å². The number of anilines is 1. The van der Waals surface area contributed by atoms with E-state index < -0.39 is 0 Å². The lowest BCUT2D eigenvalue weighted by molar-refractivity contribution is -0.383. The van der Waals surface area contributed by atoms with Gasteiger partial charge in [-0.05, 0) is 18.1 Å². The minimum Gasteiger partial charge on any atom is -0.380 e. The number of nitrogens with zero attached hydrogens (tertiary/aromatic N) is 2. The molecule has 0 aliphatic heterocycles. The highest BCUT2D eigenvalue weighted by Gasteiger charge is 2.17. The van der Waals surface area contributed by atoms with Crippen molar-refractivity contribution in [3.05, 3.63) is 40.7 Å². The van der Waals surface area contributed by atoms with Crippen LogP contribution in [0.1, 0.15) is 13.8 Å². The van der Waals surface area contributed by atoms with Gasteiger partial charge < -0.3 is 11.1 Å². The molecule has 6 heteroatoms. The largest absolute Gasteiger partial charge is 0.380 e. The number of nitro groups is 1. The molecule has 6 nitrogen and oxygen atoms in total. The van der Waals surface area contributed by atoms with E-state index in [2.05, 4.69) is 24.1 Å². The van der Waals surface area contributed by atoms with Crippen LogP contribution in [0.2, 0.25) is 0 Å². The fraction of sp³-hybridized carbons (Fsp3) is 0.357. The van der Waals surface area contributed by atoms with Gasteiger partial charge in [-0.3, -0.25) is 15.1 Å². The molecule has 0 aliphatic carbocycles. The van der Waals surface area contributed by atoms with Gasteiger partial charge in [-0.25, -0.2) is 0 Å². The monoisotopic (exact) mass is 274 g/mol. The van der Waals surface area contributed by atoms with E-state index in [1.54, 1.807) is 24.5 Å². The van der Waals surface area contributed by atoms with Crippen LogP contribution < -0.4 is 11.1 Å². The van der Waals surface area contributed by atoms with Crippen molar-refractivity contribution in [3.8, 4) is 0 Å². The lowest BCUT2D eigenvalue weighted by Gasteiger charge is -2.22. The zero-order chi connectivity index (χ0) is 14.7. The van der Waals surface area contributed by atoms with Gasteiger partial charge in [-0.1, -0.05) is 13.8 Å². The predicted octanol–water partition coefficient (Wildman–Crippen LogP) is 2.54. The van der Waals surface area contributed by atoms with Gasteiger partial charge in [0.1, 0.15) is 0 Å². The number of pyridine rings is 1. The molecule has 1 atom stereocenters. The Balaban J connectivity index is 2.50. The molecule has 0 bridgehead atoms. The first-order valence-corrected chi connectivity index (χ1v) is 6.52. The van der Waals surface area contributed by atoms with Crippen molar-refractivity contribution in [2.24, 2.45) is 11.7 Å². The Morgan fingerprint density at radius 1 is 1.35 bits per heavy atom. The predicted molar refractivity (Wildman–Crippen MR) is 79.7 cm³/mol. The summed E-state index contributed by atoms with van der Waals surface area (Å²) in [6.45, 7) is 4.66. The smallest absolute Gasteiger partial charge is 0.277 e. The lowest BCUT2D eigenvalue weighted by atomic mass is 10.0. The summed E-state index contributed by atoms with van der Waals surface area (Å²) in [6, 6.07) is 5.00. The van der Waals surface area contributed by atoms with Gasteiger partial charge in [0.15, 0.2) is 0 Å². The number of rotatable bonds is 5. The number of benzene rings is 1. The molecule has 0 amide bonds. The highest BCUT2D eigenvalue weighted by Crippen LogP contribution is 2.31. The highest BCUT2D eigenvalue weighted by molar-refractivity contribution is 5.99. The van der Waals surface area contributed by atoms with Crippen molar-refractivity contribution >= 4 is 22.1 Å². The molecular weight excluding hydrogens is 256 g/mol. The number of hydrogen-bond donors (Lipinski definition) is 2. The number of non-ortho nitro benzene ring substituents is 1. The molecule has 0 saturated carbocycles. The van der Waals surface area contributed by atoms with E-state index in [1.807, 2.05) is 0 Å². The van der Waals surface area contributed by atoms with Crippen molar-refractivity contribution in [1.82, 2.24) is 4.98 Å². The van der Waals surface area contributed by atoms with Crippen LogP contribution in [-0.4, -0.2) is 22.5 Å². The summed E-state index contributed by atoms with van der Waals surface area (Å²) in [5.41, 5.74) is 6.66. The quantitative estimate of drug-likeness (QED) is 0.645. The average Bonchev–Trinajstić information content (AvgIpc) is 2.43. The van der Waals surface area contributed by atoms with E-state index in [-0.39, 0.29) is 16.7 Å². The summed E-state index contributed by atoms with van der Waals surface area (Å²) >= 11 is 0. The summed E-state index contributed by atoms with van der Waals surface area (Å²) in [5, 5.41) is 15.7. The van der Waals surface area contributed by atoms with Crippen LogP contribution in [0.3, 0.4) is 0 Å². The second kappa shape index (κ2) is 5.83. The summed E-state index contributed by atoms with van der Waals surface area (Å²) in [5.74, 6) is 0.363. The van der Waals surface area contributed by atoms with E-state index >= 15 is 0 Å². The van der Waals surface area contributed by atoms with Crippen molar-refractivity contribution < 1.29 is 4.92 Å². The van der Waals surface area contributed by atoms with Crippen molar-refractivity contribution in [1.29, 1.82) is 0 Å². The molecule has 0 spiro atoms. The molecule has 20 heavy (non-hydrogen) atoms. The minimum atomic E-state index is -0.380. The first-order valence-electron chi connectivity index (χ1n) is 6.52. The van der Waals surface area contributed by atoms with Crippen molar-refractivity contribution in [2.75, 3.05) is 11.9 Å². The number of nitrogens with one attached hydrogen (secondary N) is 1. The normalized spacial score (nSPS) is 12.6. The Hall–Kier alpha value is -2.21. The maximum atomic E-state index is 11.1. The third-order valence-corrected chi connectivity index (χ3v) is 3.39. The van der Waals surface area contributed by atoms with E-state index in [9.17, 15) is 10.1 Å². The van der Waals surface area contributed by atoms with Crippen LogP contribution in [0.5, 0.6) is 0 Å². The second-order valence-electron chi connectivity index (χ2n) is 5.04. The van der Waals surface area contributed by atoms with Gasteiger partial charge in [0, 0.05) is 42.1 Å². The molecule has 2 rings (SSSR count). The molecule has 1 unspecified atom stereocenters. The maximum Gasteiger partial charge on any atom is 0.277 e. The van der Waals surface area contributed by atoms with E-state index in [0.717, 1.165) is 11.1 Å². The molecule has 0 saturated heterocycles. The van der Waals surface area contributed by atoms with E-state index in [4.69, 9.17) is 5.73 Å². The number of fused-ring (bicyclic) bond motifs is 1. The van der Waals surface area contributed by atoms with Gasteiger partial charge in [-0.2, -0.15) is 0 Å². The Bertz CT molecular complexity index is 628. The summed E-state index contributed by atoms with van der Waals surface area (Å²) in [4.78, 5) is 14.7. The van der Waals surface area contributed by atoms with Crippen LogP contribution in [0.25, 0.3) is 10.8 Å². The van der Waals surface area contributed by atoms with Gasteiger partial charge in [-0.15, -0.1) is 0 Å². The van der Waals surface area contributed by atoms with Gasteiger partial charge in [0.2, 0.25) is 0 Å². The number of aromatic nitrogens is 1. The molecule has 1 aromatic carbocycles. The third-order valence-electron chi connectivity index (χ3n) is 3.39. The number of hydrogen-bond acceptors (Lipinski definition) is 5. The maximum absolute atomic E-state index is 11.1. The Morgan fingerprint density at radius 2 is 2.10 bits per heavy atom. The Labute approximate surface area is 117 Å². The van der Waals surface area contributed by atoms with Gasteiger partial charge in [0.05, 0.1) is 10.3 Å². The Kier molecular flexibility index (Phi) is 4.14. The van der Waals surface area contributed by atoms with Crippen LogP contribution in [0, 0.1) is 16.0 Å². The van der Waals surface area contributed by atoms with Gasteiger partial charge >= 0.3 is 0 Å². The van der Waals surface area contributed by atoms with Crippen LogP contribution in [-0.2, 0) is 0 Å². The number of nitro benzene ring substituents is 1. The van der Waals surface area contributed by atoms with Crippen LogP contribution in [0.4, 0.5) is 11.4 Å². The molecular formula is C14H18N4O2. The van der Waals surface area contributed by atoms with E-state index in [0.29, 0.717) is 17.8 Å². The zero-order valence-corrected chi connectivity index (χ0v) is 11.5. The molecule has 0 aliphatic rings. The van der Waals surface area contributed by atoms with Gasteiger partial charge in [0.25, 0.3) is 5.69 Å². The first-order chi connectivity index (χ1) is 9.54. The topological polar surface area (TPSA) is 94.1 Å². The van der Waals surface area contributed by atoms with Crippen molar-refractivity contribution in [3.63, 3.8) is 0 Å². The molecule has 0 fully saturated rings. The summed E-state index contributed by atoms with van der Waals surface area (Å²) < 4.78 is 0. The standard InChI is InChI=1S/C14H18N4O2/c1-9(2)13(7-15)17-12-3-4-14(18(19)20)10-5-6-16-8-11(10)12/h3-6,8-9,13,17H,7,15H2,1-2H3. The zero-order valence-electron chi connectivity index (χ0n) is 11.5. The first kappa shape index (κ1) is 14.2. The average molecular weight is 274 g/mol. The molecule has 106 valence electrons. The molecule has 3 N–H and O–H groups in total. The minimum absolute atomic E-state index is 0.0850. The molecule has 2 aromatic rings. The third kappa shape index (κ3) is 2.70. The molecule has 1 aromatic heterocycles. The molecule has 0 radical (unpaired) electrons. The van der Waals surface area contributed by atoms with Crippen LogP contribution in [0.15, 0.2) is 30.6 Å². The molecule has 1 heterocycles. The lowest BCUT2D eigenvalue weighted by Crippen LogP contribution is -2.33. The summed E-state index contributed by atoms with van der Waals surface area (Å²) in [6.07, 6.45) is 3.19. The SMILES string of the molecule is CC(C)C(CN)Nc1ccc([N+](=O)[O-])c2ccncc12. The van der Waals surface area contributed by atoms with Crippen molar-refractivity contribution in [2.45, 2.75) is 19.9 Å². The fourth-order valence-corrected chi connectivity index (χ4v) is 2.16.